The summed E-state index contributed by atoms with van der Waals surface area (Å²) in [7, 11) is 5.29. The van der Waals surface area contributed by atoms with Gasteiger partial charge in [-0.3, -0.25) is 5.43 Å². The van der Waals surface area contributed by atoms with Crippen LogP contribution >= 0.6 is 15.9 Å². The van der Waals surface area contributed by atoms with Crippen molar-refractivity contribution in [3.8, 4) is 5.75 Å². The Morgan fingerprint density at radius 2 is 1.90 bits per heavy atom. The number of hydrogen-bond donors (Lipinski definition) is 3. The lowest BCUT2D eigenvalue weighted by Gasteiger charge is -2.13. The fraction of sp³-hybridized carbons (Fsp3) is 0.250. The summed E-state index contributed by atoms with van der Waals surface area (Å²) in [5.74, 6) is 7.28. The average molecular weight is 354 g/mol. The lowest BCUT2D eigenvalue weighted by atomic mass is 10.3. The number of benzene rings is 1. The highest BCUT2D eigenvalue weighted by atomic mass is 79.9. The summed E-state index contributed by atoms with van der Waals surface area (Å²) < 4.78 is 6.02. The van der Waals surface area contributed by atoms with Crippen LogP contribution in [-0.2, 0) is 0 Å². The van der Waals surface area contributed by atoms with Crippen molar-refractivity contribution in [3.63, 3.8) is 0 Å². The van der Waals surface area contributed by atoms with E-state index in [-0.39, 0.29) is 5.95 Å². The molecule has 0 amide bonds. The van der Waals surface area contributed by atoms with E-state index in [1.54, 1.807) is 12.0 Å². The molecule has 0 radical (unpaired) electrons. The molecule has 0 aliphatic carbocycles. The van der Waals surface area contributed by atoms with Crippen LogP contribution in [0.25, 0.3) is 0 Å². The van der Waals surface area contributed by atoms with Gasteiger partial charge in [0.2, 0.25) is 17.8 Å². The summed E-state index contributed by atoms with van der Waals surface area (Å²) in [6.07, 6.45) is 0. The predicted octanol–water partition coefficient (Wildman–Crippen LogP) is 1.74. The fourth-order valence-corrected chi connectivity index (χ4v) is 2.10. The lowest BCUT2D eigenvalue weighted by Crippen LogP contribution is -2.18. The number of nitrogens with two attached hydrogens (primary N) is 1. The molecule has 1 aromatic carbocycles. The Hall–Kier alpha value is -2.13. The third-order valence-corrected chi connectivity index (χ3v) is 3.18. The zero-order chi connectivity index (χ0) is 15.4. The minimum Gasteiger partial charge on any atom is -0.496 e. The molecule has 0 aliphatic rings. The highest BCUT2D eigenvalue weighted by Crippen LogP contribution is 2.28. The minimum absolute atomic E-state index is 0.281. The van der Waals surface area contributed by atoms with E-state index in [0.29, 0.717) is 11.9 Å². The number of anilines is 4. The van der Waals surface area contributed by atoms with Gasteiger partial charge in [-0.05, 0) is 34.1 Å². The molecule has 0 fully saturated rings. The number of halogens is 1. The maximum absolute atomic E-state index is 5.37. The largest absolute Gasteiger partial charge is 0.496 e. The number of nitrogens with zero attached hydrogens (tertiary/aromatic N) is 4. The number of aromatic nitrogens is 3. The summed E-state index contributed by atoms with van der Waals surface area (Å²) in [4.78, 5) is 14.4. The number of rotatable bonds is 5. The van der Waals surface area contributed by atoms with E-state index in [1.807, 2.05) is 32.3 Å². The van der Waals surface area contributed by atoms with Crippen molar-refractivity contribution in [1.82, 2.24) is 15.0 Å². The normalized spacial score (nSPS) is 10.1. The van der Waals surface area contributed by atoms with Crippen LogP contribution in [-0.4, -0.2) is 36.2 Å². The van der Waals surface area contributed by atoms with Crippen LogP contribution in [0.5, 0.6) is 5.75 Å². The first-order chi connectivity index (χ1) is 10.0. The first-order valence-corrected chi connectivity index (χ1v) is 6.83. The van der Waals surface area contributed by atoms with Crippen LogP contribution in [0.4, 0.5) is 23.5 Å². The Morgan fingerprint density at radius 3 is 2.48 bits per heavy atom. The molecule has 1 aromatic heterocycles. The molecule has 0 bridgehead atoms. The zero-order valence-electron chi connectivity index (χ0n) is 11.9. The molecular weight excluding hydrogens is 338 g/mol. The van der Waals surface area contributed by atoms with Gasteiger partial charge in [-0.2, -0.15) is 15.0 Å². The Balaban J connectivity index is 2.30. The maximum atomic E-state index is 5.37. The molecule has 0 atom stereocenters. The minimum atomic E-state index is 0.281. The monoisotopic (exact) mass is 353 g/mol. The molecule has 1 heterocycles. The van der Waals surface area contributed by atoms with Crippen molar-refractivity contribution >= 4 is 39.5 Å². The number of nitrogens with one attached hydrogen (secondary N) is 2. The molecule has 9 heteroatoms. The van der Waals surface area contributed by atoms with Crippen LogP contribution in [0.1, 0.15) is 0 Å². The van der Waals surface area contributed by atoms with Gasteiger partial charge in [-0.25, -0.2) is 5.84 Å². The van der Waals surface area contributed by atoms with Gasteiger partial charge in [0.1, 0.15) is 5.75 Å². The van der Waals surface area contributed by atoms with Gasteiger partial charge >= 0.3 is 0 Å². The number of nitrogen functional groups attached to an aromatic ring is 1. The van der Waals surface area contributed by atoms with Gasteiger partial charge in [0.15, 0.2) is 0 Å². The predicted molar refractivity (Wildman–Crippen MR) is 85.9 cm³/mol. The van der Waals surface area contributed by atoms with Gasteiger partial charge < -0.3 is 15.0 Å². The highest BCUT2D eigenvalue weighted by molar-refractivity contribution is 9.10. The second kappa shape index (κ2) is 6.55. The Morgan fingerprint density at radius 1 is 1.19 bits per heavy atom. The van der Waals surface area contributed by atoms with Crippen molar-refractivity contribution in [1.29, 1.82) is 0 Å². The summed E-state index contributed by atoms with van der Waals surface area (Å²) in [6.45, 7) is 0. The third-order valence-electron chi connectivity index (χ3n) is 2.56. The molecule has 21 heavy (non-hydrogen) atoms. The average Bonchev–Trinajstić information content (AvgIpc) is 2.47. The number of hydrogen-bond acceptors (Lipinski definition) is 8. The van der Waals surface area contributed by atoms with Crippen molar-refractivity contribution in [2.24, 2.45) is 5.84 Å². The molecule has 8 nitrogen and oxygen atoms in total. The summed E-state index contributed by atoms with van der Waals surface area (Å²) >= 11 is 3.43. The van der Waals surface area contributed by atoms with Crippen LogP contribution in [0.2, 0.25) is 0 Å². The van der Waals surface area contributed by atoms with Crippen LogP contribution in [0.15, 0.2) is 22.7 Å². The molecule has 0 unspecified atom stereocenters. The molecule has 0 aliphatic heterocycles. The summed E-state index contributed by atoms with van der Waals surface area (Å²) in [6, 6.07) is 5.56. The third kappa shape index (κ3) is 3.70. The first kappa shape index (κ1) is 15.3. The second-order valence-electron chi connectivity index (χ2n) is 4.30. The van der Waals surface area contributed by atoms with Gasteiger partial charge in [0.25, 0.3) is 0 Å². The van der Waals surface area contributed by atoms with Crippen molar-refractivity contribution in [2.45, 2.75) is 0 Å². The molecule has 4 N–H and O–H groups in total. The Kier molecular flexibility index (Phi) is 4.76. The van der Waals surface area contributed by atoms with E-state index >= 15 is 0 Å². The van der Waals surface area contributed by atoms with Gasteiger partial charge in [-0.15, -0.1) is 0 Å². The zero-order valence-corrected chi connectivity index (χ0v) is 13.5. The lowest BCUT2D eigenvalue weighted by molar-refractivity contribution is 0.412. The van der Waals surface area contributed by atoms with E-state index in [4.69, 9.17) is 10.6 Å². The van der Waals surface area contributed by atoms with E-state index in [2.05, 4.69) is 41.6 Å². The van der Waals surface area contributed by atoms with Crippen molar-refractivity contribution < 1.29 is 4.74 Å². The molecule has 0 saturated carbocycles. The first-order valence-electron chi connectivity index (χ1n) is 6.04. The Labute approximate surface area is 130 Å². The quantitative estimate of drug-likeness (QED) is 0.551. The SMILES string of the molecule is COc1ccc(Nc2nc(NN)nc(N(C)C)n2)cc1Br. The topological polar surface area (TPSA) is 101 Å². The molecule has 2 aromatic rings. The van der Waals surface area contributed by atoms with Gasteiger partial charge in [0, 0.05) is 19.8 Å². The molecule has 112 valence electrons. The van der Waals surface area contributed by atoms with Crippen molar-refractivity contribution in [3.05, 3.63) is 22.7 Å². The smallest absolute Gasteiger partial charge is 0.243 e. The summed E-state index contributed by atoms with van der Waals surface area (Å²) in [5, 5.41) is 3.10. The van der Waals surface area contributed by atoms with Gasteiger partial charge in [0.05, 0.1) is 11.6 Å². The molecular formula is C12H16BrN7O. The fourth-order valence-electron chi connectivity index (χ4n) is 1.56. The molecule has 0 saturated heterocycles. The standard InChI is InChI=1S/C12H16BrN7O/c1-20(2)12-17-10(16-11(18-12)19-14)15-7-4-5-9(21-3)8(13)6-7/h4-6H,14H2,1-3H3,(H2,15,16,17,18,19). The van der Waals surface area contributed by atoms with Crippen LogP contribution < -0.4 is 26.2 Å². The van der Waals surface area contributed by atoms with Gasteiger partial charge in [-0.1, -0.05) is 0 Å². The van der Waals surface area contributed by atoms with Crippen LogP contribution in [0.3, 0.4) is 0 Å². The Bertz CT molecular complexity index is 635. The van der Waals surface area contributed by atoms with E-state index in [9.17, 15) is 0 Å². The second-order valence-corrected chi connectivity index (χ2v) is 5.15. The van der Waals surface area contributed by atoms with Crippen molar-refractivity contribution in [2.75, 3.05) is 36.8 Å². The summed E-state index contributed by atoms with van der Waals surface area (Å²) in [5.41, 5.74) is 3.23. The van der Waals surface area contributed by atoms with E-state index < -0.39 is 0 Å². The maximum Gasteiger partial charge on any atom is 0.243 e. The van der Waals surface area contributed by atoms with Crippen LogP contribution in [0, 0.1) is 0 Å². The number of methoxy groups -OCH3 is 1. The number of hydrazine groups is 1. The molecule has 0 spiro atoms. The number of ether oxygens (including phenoxy) is 1. The van der Waals surface area contributed by atoms with E-state index in [0.717, 1.165) is 15.9 Å². The highest BCUT2D eigenvalue weighted by Gasteiger charge is 2.08. The molecule has 2 rings (SSSR count). The van der Waals surface area contributed by atoms with E-state index in [1.165, 1.54) is 0 Å².